The van der Waals surface area contributed by atoms with Gasteiger partial charge in [0.15, 0.2) is 0 Å². The molecular formula is C37H49N5O5. The van der Waals surface area contributed by atoms with Crippen LogP contribution in [0, 0.1) is 0 Å². The Morgan fingerprint density at radius 3 is 1.55 bits per heavy atom. The normalized spacial score (nSPS) is 11.2. The standard InChI is InChI=1S/C37H49N5O5/c1-4-13-37(44)46-28-12-10-8-7-9-11-27-45-35-24-20-33(21-25-35)41-39-31-16-14-30(15-17-31)38-40-32-18-22-34(23-19-32)42(6-3)26-29-47-36(43)5-2/h14-25H,4-13,26-29H2,1-3H3. The molecule has 10 nitrogen and oxygen atoms in total. The van der Waals surface area contributed by atoms with Crippen molar-refractivity contribution in [3.05, 3.63) is 72.8 Å². The molecule has 0 unspecified atom stereocenters. The Morgan fingerprint density at radius 2 is 1.04 bits per heavy atom. The van der Waals surface area contributed by atoms with Crippen LogP contribution in [-0.2, 0) is 19.1 Å². The van der Waals surface area contributed by atoms with Gasteiger partial charge in [0, 0.05) is 25.1 Å². The Kier molecular flexibility index (Phi) is 17.3. The van der Waals surface area contributed by atoms with E-state index in [0.29, 0.717) is 44.9 Å². The maximum absolute atomic E-state index is 11.4. The van der Waals surface area contributed by atoms with Gasteiger partial charge < -0.3 is 19.1 Å². The lowest BCUT2D eigenvalue weighted by molar-refractivity contribution is -0.144. The molecule has 0 amide bonds. The van der Waals surface area contributed by atoms with Crippen LogP contribution in [0.15, 0.2) is 93.3 Å². The molecule has 0 radical (unpaired) electrons. The number of benzene rings is 3. The van der Waals surface area contributed by atoms with E-state index >= 15 is 0 Å². The summed E-state index contributed by atoms with van der Waals surface area (Å²) < 4.78 is 16.3. The van der Waals surface area contributed by atoms with Gasteiger partial charge in [-0.2, -0.15) is 20.5 Å². The smallest absolute Gasteiger partial charge is 0.305 e. The molecule has 0 fully saturated rings. The first kappa shape index (κ1) is 36.9. The Morgan fingerprint density at radius 1 is 0.574 bits per heavy atom. The van der Waals surface area contributed by atoms with Gasteiger partial charge in [0.1, 0.15) is 12.4 Å². The highest BCUT2D eigenvalue weighted by Gasteiger charge is 2.06. The van der Waals surface area contributed by atoms with Crippen LogP contribution in [0.25, 0.3) is 0 Å². The number of hydrogen-bond acceptors (Lipinski definition) is 10. The van der Waals surface area contributed by atoms with Crippen LogP contribution in [0.2, 0.25) is 0 Å². The zero-order valence-corrected chi connectivity index (χ0v) is 28.1. The number of unbranched alkanes of at least 4 members (excludes halogenated alkanes) is 5. The number of azo groups is 2. The first-order chi connectivity index (χ1) is 23.0. The first-order valence-corrected chi connectivity index (χ1v) is 16.8. The zero-order chi connectivity index (χ0) is 33.5. The van der Waals surface area contributed by atoms with Gasteiger partial charge in [-0.3, -0.25) is 9.59 Å². The third-order valence-corrected chi connectivity index (χ3v) is 7.28. The third-order valence-electron chi connectivity index (χ3n) is 7.28. The van der Waals surface area contributed by atoms with Gasteiger partial charge >= 0.3 is 11.9 Å². The quantitative estimate of drug-likeness (QED) is 0.0611. The predicted molar refractivity (Wildman–Crippen MR) is 186 cm³/mol. The largest absolute Gasteiger partial charge is 0.494 e. The van der Waals surface area contributed by atoms with Gasteiger partial charge in [-0.15, -0.1) is 0 Å². The molecule has 3 aromatic carbocycles. The summed E-state index contributed by atoms with van der Waals surface area (Å²) in [6.45, 7) is 8.86. The summed E-state index contributed by atoms with van der Waals surface area (Å²) in [7, 11) is 0. The Hall–Kier alpha value is -4.60. The maximum atomic E-state index is 11.4. The third kappa shape index (κ3) is 15.0. The average molecular weight is 644 g/mol. The van der Waals surface area contributed by atoms with Gasteiger partial charge in [-0.05, 0) is 99.0 Å². The molecule has 0 aliphatic heterocycles. The number of likely N-dealkylation sites (N-methyl/N-ethyl adjacent to an activating group) is 1. The number of hydrogen-bond donors (Lipinski definition) is 0. The van der Waals surface area contributed by atoms with Gasteiger partial charge in [-0.25, -0.2) is 0 Å². The molecule has 0 saturated carbocycles. The molecule has 252 valence electrons. The van der Waals surface area contributed by atoms with Crippen molar-refractivity contribution < 1.29 is 23.8 Å². The van der Waals surface area contributed by atoms with E-state index in [1.165, 1.54) is 0 Å². The van der Waals surface area contributed by atoms with E-state index in [2.05, 4.69) is 32.3 Å². The van der Waals surface area contributed by atoms with Crippen molar-refractivity contribution in [2.45, 2.75) is 78.6 Å². The van der Waals surface area contributed by atoms with Gasteiger partial charge in [0.2, 0.25) is 0 Å². The fourth-order valence-electron chi connectivity index (χ4n) is 4.56. The van der Waals surface area contributed by atoms with Crippen LogP contribution in [0.3, 0.4) is 0 Å². The van der Waals surface area contributed by atoms with E-state index < -0.39 is 0 Å². The van der Waals surface area contributed by atoms with E-state index in [9.17, 15) is 9.59 Å². The summed E-state index contributed by atoms with van der Waals surface area (Å²) >= 11 is 0. The van der Waals surface area contributed by atoms with Crippen LogP contribution in [0.5, 0.6) is 5.75 Å². The van der Waals surface area contributed by atoms with E-state index in [-0.39, 0.29) is 11.9 Å². The van der Waals surface area contributed by atoms with Crippen molar-refractivity contribution in [2.24, 2.45) is 20.5 Å². The highest BCUT2D eigenvalue weighted by molar-refractivity contribution is 5.69. The molecule has 0 bridgehead atoms. The molecule has 0 spiro atoms. The zero-order valence-electron chi connectivity index (χ0n) is 28.1. The molecule has 0 aromatic heterocycles. The van der Waals surface area contributed by atoms with Gasteiger partial charge in [0.25, 0.3) is 0 Å². The van der Waals surface area contributed by atoms with Crippen LogP contribution < -0.4 is 9.64 Å². The van der Waals surface area contributed by atoms with Crippen LogP contribution in [0.1, 0.15) is 78.6 Å². The lowest BCUT2D eigenvalue weighted by Crippen LogP contribution is -2.27. The number of ether oxygens (including phenoxy) is 3. The van der Waals surface area contributed by atoms with Crippen molar-refractivity contribution in [3.63, 3.8) is 0 Å². The molecule has 47 heavy (non-hydrogen) atoms. The lowest BCUT2D eigenvalue weighted by Gasteiger charge is -2.22. The summed E-state index contributed by atoms with van der Waals surface area (Å²) in [4.78, 5) is 24.9. The molecule has 3 rings (SSSR count). The second-order valence-electron chi connectivity index (χ2n) is 11.0. The van der Waals surface area contributed by atoms with Crippen molar-refractivity contribution in [1.29, 1.82) is 0 Å². The minimum atomic E-state index is -0.185. The fourth-order valence-corrected chi connectivity index (χ4v) is 4.56. The Balaban J connectivity index is 1.33. The van der Waals surface area contributed by atoms with Crippen molar-refractivity contribution in [2.75, 3.05) is 37.8 Å². The molecule has 0 atom stereocenters. The summed E-state index contributed by atoms with van der Waals surface area (Å²) in [5.41, 5.74) is 3.96. The van der Waals surface area contributed by atoms with E-state index in [1.807, 2.05) is 79.7 Å². The molecule has 0 heterocycles. The number of esters is 2. The summed E-state index contributed by atoms with van der Waals surface area (Å²) in [5, 5.41) is 17.3. The summed E-state index contributed by atoms with van der Waals surface area (Å²) in [6.07, 6.45) is 8.18. The topological polar surface area (TPSA) is 115 Å². The number of carbonyl (C=O) groups is 2. The van der Waals surface area contributed by atoms with E-state index in [0.717, 1.165) is 80.0 Å². The number of carbonyl (C=O) groups excluding carboxylic acids is 2. The second kappa shape index (κ2) is 22.0. The lowest BCUT2D eigenvalue weighted by atomic mass is 10.1. The Bertz CT molecular complexity index is 1380. The summed E-state index contributed by atoms with van der Waals surface area (Å²) in [6, 6.07) is 22.8. The monoisotopic (exact) mass is 643 g/mol. The molecule has 0 aliphatic rings. The highest BCUT2D eigenvalue weighted by atomic mass is 16.5. The number of anilines is 1. The Labute approximate surface area is 279 Å². The minimum absolute atomic E-state index is 0.0860. The van der Waals surface area contributed by atoms with Gasteiger partial charge in [-0.1, -0.05) is 39.5 Å². The van der Waals surface area contributed by atoms with Crippen molar-refractivity contribution >= 4 is 40.4 Å². The summed E-state index contributed by atoms with van der Waals surface area (Å²) in [5.74, 6) is 0.548. The molecular weight excluding hydrogens is 594 g/mol. The van der Waals surface area contributed by atoms with E-state index in [1.54, 1.807) is 6.92 Å². The SMILES string of the molecule is CCCC(=O)OCCCCCCCCOc1ccc(N=Nc2ccc(N=Nc3ccc(N(CC)CCOC(=O)CC)cc3)cc2)cc1. The first-order valence-electron chi connectivity index (χ1n) is 16.8. The van der Waals surface area contributed by atoms with Crippen molar-refractivity contribution in [1.82, 2.24) is 0 Å². The number of nitrogens with zero attached hydrogens (tertiary/aromatic N) is 5. The minimum Gasteiger partial charge on any atom is -0.494 e. The molecule has 0 N–H and O–H groups in total. The van der Waals surface area contributed by atoms with Crippen LogP contribution in [0.4, 0.5) is 28.4 Å². The molecule has 3 aromatic rings. The second-order valence-corrected chi connectivity index (χ2v) is 11.0. The number of rotatable bonds is 22. The average Bonchev–Trinajstić information content (AvgIpc) is 3.10. The highest BCUT2D eigenvalue weighted by Crippen LogP contribution is 2.26. The fraction of sp³-hybridized carbons (Fsp3) is 0.459. The predicted octanol–water partition coefficient (Wildman–Crippen LogP) is 10.4. The van der Waals surface area contributed by atoms with E-state index in [4.69, 9.17) is 14.2 Å². The maximum Gasteiger partial charge on any atom is 0.305 e. The van der Waals surface area contributed by atoms with Gasteiger partial charge in [0.05, 0.1) is 42.5 Å². The molecule has 0 saturated heterocycles. The van der Waals surface area contributed by atoms with Crippen molar-refractivity contribution in [3.8, 4) is 5.75 Å². The van der Waals surface area contributed by atoms with Crippen LogP contribution in [-0.4, -0.2) is 44.8 Å². The van der Waals surface area contributed by atoms with Crippen LogP contribution >= 0.6 is 0 Å². The molecule has 0 aliphatic carbocycles. The molecule has 10 heteroatoms.